The van der Waals surface area contributed by atoms with Crippen molar-refractivity contribution >= 4 is 40.1 Å². The van der Waals surface area contributed by atoms with Gasteiger partial charge in [0.25, 0.3) is 5.56 Å². The van der Waals surface area contributed by atoms with Gasteiger partial charge in [0.1, 0.15) is 23.3 Å². The Labute approximate surface area is 262 Å². The first-order valence-electron chi connectivity index (χ1n) is 14.6. The van der Waals surface area contributed by atoms with Gasteiger partial charge in [-0.3, -0.25) is 9.36 Å². The maximum absolute atomic E-state index is 14.3. The lowest BCUT2D eigenvalue weighted by molar-refractivity contribution is -0.139. The van der Waals surface area contributed by atoms with Gasteiger partial charge < -0.3 is 19.0 Å². The lowest BCUT2D eigenvalue weighted by atomic mass is 9.90. The van der Waals surface area contributed by atoms with Crippen molar-refractivity contribution in [2.75, 3.05) is 13.7 Å². The Bertz CT molecular complexity index is 2170. The van der Waals surface area contributed by atoms with Gasteiger partial charge in [0.2, 0.25) is 0 Å². The lowest BCUT2D eigenvalue weighted by Gasteiger charge is -2.28. The third-order valence-electron chi connectivity index (χ3n) is 7.61. The molecule has 1 aliphatic rings. The Kier molecular flexibility index (Phi) is 8.23. The van der Waals surface area contributed by atoms with Gasteiger partial charge in [-0.05, 0) is 54.4 Å². The van der Waals surface area contributed by atoms with Crippen molar-refractivity contribution < 1.29 is 28.6 Å². The van der Waals surface area contributed by atoms with Crippen molar-refractivity contribution in [3.05, 3.63) is 121 Å². The minimum absolute atomic E-state index is 0.142. The fraction of sp³-hybridized carbons (Fsp3) is 0.200. The quantitative estimate of drug-likeness (QED) is 0.210. The first-order chi connectivity index (χ1) is 21.8. The molecule has 6 rings (SSSR count). The molecule has 1 atom stereocenters. The van der Waals surface area contributed by atoms with E-state index in [0.29, 0.717) is 55.4 Å². The van der Waals surface area contributed by atoms with Gasteiger partial charge in [-0.1, -0.05) is 67.1 Å². The fourth-order valence-electron chi connectivity index (χ4n) is 5.65. The molecule has 228 valence electrons. The summed E-state index contributed by atoms with van der Waals surface area (Å²) in [7, 11) is 1.57. The number of esters is 1. The number of rotatable bonds is 9. The molecule has 2 aromatic heterocycles. The number of carbonyl (C=O) groups excluding carboxylic acids is 1. The summed E-state index contributed by atoms with van der Waals surface area (Å²) in [4.78, 5) is 44.7. The lowest BCUT2D eigenvalue weighted by Crippen LogP contribution is -2.40. The van der Waals surface area contributed by atoms with Crippen LogP contribution in [0.5, 0.6) is 5.75 Å². The number of nitrogens with zero attached hydrogens (tertiary/aromatic N) is 2. The number of ether oxygens (including phenoxy) is 2. The summed E-state index contributed by atoms with van der Waals surface area (Å²) < 4.78 is 19.3. The van der Waals surface area contributed by atoms with E-state index in [1.54, 1.807) is 48.9 Å². The van der Waals surface area contributed by atoms with Crippen molar-refractivity contribution in [3.8, 4) is 17.1 Å². The highest BCUT2D eigenvalue weighted by atomic mass is 32.1. The Balaban J connectivity index is 1.58. The van der Waals surface area contributed by atoms with Crippen LogP contribution in [-0.4, -0.2) is 35.3 Å². The van der Waals surface area contributed by atoms with Crippen LogP contribution in [0.25, 0.3) is 28.2 Å². The van der Waals surface area contributed by atoms with Gasteiger partial charge in [-0.25, -0.2) is 14.6 Å². The van der Waals surface area contributed by atoms with Crippen LogP contribution in [-0.2, 0) is 9.53 Å². The van der Waals surface area contributed by atoms with Crippen LogP contribution in [0.3, 0.4) is 0 Å². The van der Waals surface area contributed by atoms with Crippen LogP contribution < -0.4 is 19.6 Å². The van der Waals surface area contributed by atoms with Crippen LogP contribution in [0.15, 0.2) is 98.3 Å². The van der Waals surface area contributed by atoms with Crippen molar-refractivity contribution in [3.63, 3.8) is 0 Å². The van der Waals surface area contributed by atoms with Crippen molar-refractivity contribution in [1.29, 1.82) is 0 Å². The largest absolute Gasteiger partial charge is 0.496 e. The molecule has 0 saturated heterocycles. The molecule has 1 aliphatic heterocycles. The normalized spacial score (nSPS) is 14.7. The molecular weight excluding hydrogens is 592 g/mol. The number of carbonyl (C=O) groups is 2. The maximum atomic E-state index is 14.3. The zero-order valence-electron chi connectivity index (χ0n) is 24.9. The number of furan rings is 1. The van der Waals surface area contributed by atoms with Gasteiger partial charge in [-0.2, -0.15) is 0 Å². The molecule has 1 N–H and O–H groups in total. The van der Waals surface area contributed by atoms with Crippen LogP contribution >= 0.6 is 11.3 Å². The SMILES string of the molecule is CCCC1=C(C(=O)OCC)[C@H](c2c(OC)ccc3ccccc23)n2c(s/c(=C/c3ccc(-c4cccc(C(=O)O)c4)o3)c2=O)=N1. The highest BCUT2D eigenvalue weighted by Gasteiger charge is 2.37. The molecule has 5 aromatic rings. The Morgan fingerprint density at radius 2 is 1.89 bits per heavy atom. The number of hydrogen-bond acceptors (Lipinski definition) is 8. The molecule has 0 unspecified atom stereocenters. The predicted octanol–water partition coefficient (Wildman–Crippen LogP) is 5.70. The third kappa shape index (κ3) is 5.49. The highest BCUT2D eigenvalue weighted by Crippen LogP contribution is 2.41. The molecule has 0 spiro atoms. The van der Waals surface area contributed by atoms with E-state index in [9.17, 15) is 19.5 Å². The van der Waals surface area contributed by atoms with E-state index in [2.05, 4.69) is 0 Å². The van der Waals surface area contributed by atoms with Crippen molar-refractivity contribution in [2.45, 2.75) is 32.7 Å². The molecule has 3 heterocycles. The van der Waals surface area contributed by atoms with Crippen LogP contribution in [0.4, 0.5) is 0 Å². The van der Waals surface area contributed by atoms with E-state index in [0.717, 1.165) is 17.2 Å². The summed E-state index contributed by atoms with van der Waals surface area (Å²) in [5.41, 5.74) is 1.95. The average Bonchev–Trinajstić information content (AvgIpc) is 3.64. The fourth-order valence-corrected chi connectivity index (χ4v) is 6.65. The summed E-state index contributed by atoms with van der Waals surface area (Å²) in [6, 6.07) is 20.6. The number of hydrogen-bond donors (Lipinski definition) is 1. The number of aromatic carboxylic acids is 1. The van der Waals surface area contributed by atoms with Gasteiger partial charge in [0.05, 0.1) is 35.1 Å². The van der Waals surface area contributed by atoms with E-state index in [-0.39, 0.29) is 17.7 Å². The van der Waals surface area contributed by atoms with Crippen LogP contribution in [0.2, 0.25) is 0 Å². The average molecular weight is 623 g/mol. The standard InChI is InChI=1S/C35H30N2O7S/c1-4-9-25-30(34(41)43-5-2)31(29-24-13-7-6-10-20(24)14-16-27(29)42-3)37-32(38)28(45-35(37)36-25)19-23-15-17-26(44-23)21-11-8-12-22(18-21)33(39)40/h6-8,10-19,31H,4-5,9H2,1-3H3,(H,39,40)/b28-19+/t31-/m0/s1. The second-order valence-corrected chi connectivity index (χ2v) is 11.4. The smallest absolute Gasteiger partial charge is 0.338 e. The van der Waals surface area contributed by atoms with Gasteiger partial charge in [0.15, 0.2) is 4.80 Å². The van der Waals surface area contributed by atoms with Crippen molar-refractivity contribution in [1.82, 2.24) is 4.57 Å². The molecule has 0 aliphatic carbocycles. The highest BCUT2D eigenvalue weighted by molar-refractivity contribution is 7.07. The number of allylic oxidation sites excluding steroid dienone is 1. The Morgan fingerprint density at radius 3 is 2.64 bits per heavy atom. The van der Waals surface area contributed by atoms with E-state index in [4.69, 9.17) is 18.9 Å². The molecule has 0 saturated carbocycles. The van der Waals surface area contributed by atoms with Gasteiger partial charge in [0, 0.05) is 17.2 Å². The van der Waals surface area contributed by atoms with Gasteiger partial charge >= 0.3 is 11.9 Å². The second-order valence-electron chi connectivity index (χ2n) is 10.4. The first kappa shape index (κ1) is 29.8. The third-order valence-corrected chi connectivity index (χ3v) is 8.59. The summed E-state index contributed by atoms with van der Waals surface area (Å²) in [5.74, 6) is -0.156. The number of aromatic nitrogens is 1. The van der Waals surface area contributed by atoms with E-state index in [1.165, 1.54) is 23.5 Å². The van der Waals surface area contributed by atoms with E-state index < -0.39 is 18.0 Å². The first-order valence-corrected chi connectivity index (χ1v) is 15.4. The molecule has 0 amide bonds. The number of carboxylic acids is 1. The number of thiazole rings is 1. The van der Waals surface area contributed by atoms with Gasteiger partial charge in [-0.15, -0.1) is 0 Å². The van der Waals surface area contributed by atoms with E-state index in [1.807, 2.05) is 43.3 Å². The monoisotopic (exact) mass is 622 g/mol. The summed E-state index contributed by atoms with van der Waals surface area (Å²) >= 11 is 1.21. The summed E-state index contributed by atoms with van der Waals surface area (Å²) in [5, 5.41) is 11.2. The predicted molar refractivity (Wildman–Crippen MR) is 171 cm³/mol. The molecule has 0 bridgehead atoms. The van der Waals surface area contributed by atoms with Crippen LogP contribution in [0, 0.1) is 0 Å². The zero-order valence-corrected chi connectivity index (χ0v) is 25.7. The number of benzene rings is 3. The molecular formula is C35H30N2O7S. The molecule has 45 heavy (non-hydrogen) atoms. The zero-order chi connectivity index (χ0) is 31.7. The Morgan fingerprint density at radius 1 is 1.07 bits per heavy atom. The van der Waals surface area contributed by atoms with E-state index >= 15 is 0 Å². The summed E-state index contributed by atoms with van der Waals surface area (Å²) in [6.45, 7) is 3.92. The van der Waals surface area contributed by atoms with Crippen LogP contribution in [0.1, 0.15) is 54.4 Å². The summed E-state index contributed by atoms with van der Waals surface area (Å²) in [6.07, 6.45) is 2.88. The molecule has 9 nitrogen and oxygen atoms in total. The number of carboxylic acid groups (broad SMARTS) is 1. The molecule has 10 heteroatoms. The molecule has 3 aromatic carbocycles. The number of fused-ring (bicyclic) bond motifs is 2. The molecule has 0 fully saturated rings. The topological polar surface area (TPSA) is 120 Å². The minimum Gasteiger partial charge on any atom is -0.496 e. The molecule has 0 radical (unpaired) electrons. The minimum atomic E-state index is -1.04. The Hall–Kier alpha value is -5.22. The second kappa shape index (κ2) is 12.4. The number of methoxy groups -OCH3 is 1. The maximum Gasteiger partial charge on any atom is 0.338 e. The van der Waals surface area contributed by atoms with Crippen molar-refractivity contribution in [2.24, 2.45) is 4.99 Å².